The molecule has 0 atom stereocenters. The minimum absolute atomic E-state index is 0.356. The van der Waals surface area contributed by atoms with Crippen LogP contribution in [-0.4, -0.2) is 16.9 Å². The summed E-state index contributed by atoms with van der Waals surface area (Å²) in [6.07, 6.45) is 0. The number of hydrogen-bond acceptors (Lipinski definition) is 4. The van der Waals surface area contributed by atoms with Crippen LogP contribution in [0, 0.1) is 13.8 Å². The van der Waals surface area contributed by atoms with Crippen molar-refractivity contribution >= 4 is 11.4 Å². The standard InChI is InChI=1S/C17H18N2O2/c1-10-3-12-7-18-9-19(14(12)5-16(10)20)8-13-4-11(2)17(21)6-15(13)18/h3-6,20-21H,7-9H2,1-2H3. The van der Waals surface area contributed by atoms with Crippen LogP contribution in [0.25, 0.3) is 0 Å². The van der Waals surface area contributed by atoms with Crippen molar-refractivity contribution in [1.82, 2.24) is 0 Å². The van der Waals surface area contributed by atoms with Crippen LogP contribution >= 0.6 is 0 Å². The summed E-state index contributed by atoms with van der Waals surface area (Å²) >= 11 is 0. The Morgan fingerprint density at radius 3 is 1.62 bits per heavy atom. The molecule has 2 heterocycles. The Bertz CT molecular complexity index is 691. The average Bonchev–Trinajstić information content (AvgIpc) is 2.44. The summed E-state index contributed by atoms with van der Waals surface area (Å²) in [5.74, 6) is 0.713. The van der Waals surface area contributed by atoms with Crippen LogP contribution in [-0.2, 0) is 13.1 Å². The Kier molecular flexibility index (Phi) is 2.40. The zero-order chi connectivity index (χ0) is 14.7. The van der Waals surface area contributed by atoms with Crippen LogP contribution in [0.5, 0.6) is 11.5 Å². The summed E-state index contributed by atoms with van der Waals surface area (Å²) in [6, 6.07) is 7.87. The summed E-state index contributed by atoms with van der Waals surface area (Å²) in [5, 5.41) is 19.9. The first kappa shape index (κ1) is 12.4. The molecule has 0 aliphatic carbocycles. The summed E-state index contributed by atoms with van der Waals surface area (Å²) in [6.45, 7) is 6.26. The van der Waals surface area contributed by atoms with E-state index in [2.05, 4.69) is 21.9 Å². The molecule has 0 aromatic heterocycles. The van der Waals surface area contributed by atoms with E-state index in [1.807, 2.05) is 26.0 Å². The second-order valence-corrected chi connectivity index (χ2v) is 6.07. The molecule has 0 unspecified atom stereocenters. The smallest absolute Gasteiger partial charge is 0.120 e. The van der Waals surface area contributed by atoms with Gasteiger partial charge in [-0.3, -0.25) is 0 Å². The van der Waals surface area contributed by atoms with Gasteiger partial charge in [0.15, 0.2) is 0 Å². The maximum atomic E-state index is 9.97. The SMILES string of the molecule is Cc1cc2c(cc1O)N1Cc3cc(C)c(O)cc3N(C2)C1. The number of fused-ring (bicyclic) bond motifs is 6. The van der Waals surface area contributed by atoms with Crippen molar-refractivity contribution in [2.45, 2.75) is 26.9 Å². The molecule has 2 bridgehead atoms. The highest BCUT2D eigenvalue weighted by atomic mass is 16.3. The van der Waals surface area contributed by atoms with Crippen LogP contribution in [0.4, 0.5) is 11.4 Å². The molecule has 2 aliphatic rings. The largest absolute Gasteiger partial charge is 0.508 e. The fourth-order valence-corrected chi connectivity index (χ4v) is 3.37. The first-order valence-corrected chi connectivity index (χ1v) is 7.18. The maximum absolute atomic E-state index is 9.97. The second kappa shape index (κ2) is 4.07. The number of phenolic OH excluding ortho intramolecular Hbond substituents is 2. The van der Waals surface area contributed by atoms with Crippen LogP contribution in [0.1, 0.15) is 22.3 Å². The zero-order valence-electron chi connectivity index (χ0n) is 12.2. The molecular weight excluding hydrogens is 264 g/mol. The number of aromatic hydroxyl groups is 2. The highest BCUT2D eigenvalue weighted by Gasteiger charge is 2.30. The van der Waals surface area contributed by atoms with Crippen molar-refractivity contribution in [3.05, 3.63) is 46.5 Å². The maximum Gasteiger partial charge on any atom is 0.120 e. The molecule has 2 aromatic carbocycles. The molecule has 2 N–H and O–H groups in total. The van der Waals surface area contributed by atoms with E-state index in [4.69, 9.17) is 0 Å². The van der Waals surface area contributed by atoms with Gasteiger partial charge in [-0.15, -0.1) is 0 Å². The molecule has 0 fully saturated rings. The van der Waals surface area contributed by atoms with Gasteiger partial charge in [-0.1, -0.05) is 0 Å². The van der Waals surface area contributed by atoms with Gasteiger partial charge in [-0.2, -0.15) is 0 Å². The number of hydrogen-bond donors (Lipinski definition) is 2. The third kappa shape index (κ3) is 1.75. The number of benzene rings is 2. The molecule has 2 aromatic rings. The first-order chi connectivity index (χ1) is 10.0. The highest BCUT2D eigenvalue weighted by molar-refractivity contribution is 5.71. The van der Waals surface area contributed by atoms with Gasteiger partial charge in [0.1, 0.15) is 11.5 Å². The van der Waals surface area contributed by atoms with E-state index >= 15 is 0 Å². The number of anilines is 2. The first-order valence-electron chi connectivity index (χ1n) is 7.18. The molecule has 4 heteroatoms. The van der Waals surface area contributed by atoms with Gasteiger partial charge in [0.25, 0.3) is 0 Å². The quantitative estimate of drug-likeness (QED) is 0.780. The van der Waals surface area contributed by atoms with Crippen LogP contribution < -0.4 is 9.80 Å². The summed E-state index contributed by atoms with van der Waals surface area (Å²) in [4.78, 5) is 4.55. The predicted molar refractivity (Wildman–Crippen MR) is 82.9 cm³/mol. The summed E-state index contributed by atoms with van der Waals surface area (Å²) in [5.41, 5.74) is 6.49. The van der Waals surface area contributed by atoms with Crippen LogP contribution in [0.2, 0.25) is 0 Å². The Morgan fingerprint density at radius 1 is 0.762 bits per heavy atom. The van der Waals surface area contributed by atoms with Gasteiger partial charge in [0.05, 0.1) is 6.67 Å². The zero-order valence-corrected chi connectivity index (χ0v) is 12.2. The Morgan fingerprint density at radius 2 is 1.19 bits per heavy atom. The molecule has 0 amide bonds. The van der Waals surface area contributed by atoms with E-state index < -0.39 is 0 Å². The fraction of sp³-hybridized carbons (Fsp3) is 0.294. The van der Waals surface area contributed by atoms with Crippen molar-refractivity contribution in [2.75, 3.05) is 16.5 Å². The van der Waals surface area contributed by atoms with Gasteiger partial charge in [-0.05, 0) is 48.2 Å². The second-order valence-electron chi connectivity index (χ2n) is 6.07. The van der Waals surface area contributed by atoms with E-state index in [0.717, 1.165) is 42.3 Å². The minimum Gasteiger partial charge on any atom is -0.508 e. The topological polar surface area (TPSA) is 46.9 Å². The lowest BCUT2D eigenvalue weighted by atomic mass is 9.98. The van der Waals surface area contributed by atoms with Gasteiger partial charge >= 0.3 is 0 Å². The molecule has 4 nitrogen and oxygen atoms in total. The van der Waals surface area contributed by atoms with E-state index in [1.165, 1.54) is 11.1 Å². The Balaban J connectivity index is 1.84. The molecule has 0 saturated heterocycles. The van der Waals surface area contributed by atoms with Crippen LogP contribution in [0.15, 0.2) is 24.3 Å². The summed E-state index contributed by atoms with van der Waals surface area (Å²) in [7, 11) is 0. The molecule has 21 heavy (non-hydrogen) atoms. The number of nitrogens with zero attached hydrogens (tertiary/aromatic N) is 2. The fourth-order valence-electron chi connectivity index (χ4n) is 3.37. The number of phenols is 2. The normalized spacial score (nSPS) is 15.7. The molecule has 2 aliphatic heterocycles. The third-order valence-corrected chi connectivity index (χ3v) is 4.54. The molecule has 0 saturated carbocycles. The summed E-state index contributed by atoms with van der Waals surface area (Å²) < 4.78 is 0. The van der Waals surface area contributed by atoms with Crippen LogP contribution in [0.3, 0.4) is 0 Å². The number of aryl methyl sites for hydroxylation is 2. The van der Waals surface area contributed by atoms with Crippen molar-refractivity contribution in [1.29, 1.82) is 0 Å². The average molecular weight is 282 g/mol. The predicted octanol–water partition coefficient (Wildman–Crippen LogP) is 3.01. The van der Waals surface area contributed by atoms with Gasteiger partial charge in [-0.25, -0.2) is 0 Å². The molecule has 0 radical (unpaired) electrons. The third-order valence-electron chi connectivity index (χ3n) is 4.54. The van der Waals surface area contributed by atoms with Gasteiger partial charge in [0.2, 0.25) is 0 Å². The van der Waals surface area contributed by atoms with Crippen molar-refractivity contribution < 1.29 is 10.2 Å². The number of rotatable bonds is 0. The van der Waals surface area contributed by atoms with E-state index in [1.54, 1.807) is 0 Å². The van der Waals surface area contributed by atoms with E-state index in [0.29, 0.717) is 11.5 Å². The monoisotopic (exact) mass is 282 g/mol. The van der Waals surface area contributed by atoms with Crippen molar-refractivity contribution in [2.24, 2.45) is 0 Å². The minimum atomic E-state index is 0.356. The lowest BCUT2D eigenvalue weighted by Gasteiger charge is -2.45. The Hall–Kier alpha value is -2.36. The van der Waals surface area contributed by atoms with Crippen molar-refractivity contribution in [3.63, 3.8) is 0 Å². The molecule has 108 valence electrons. The van der Waals surface area contributed by atoms with E-state index in [9.17, 15) is 10.2 Å². The van der Waals surface area contributed by atoms with E-state index in [-0.39, 0.29) is 0 Å². The molecular formula is C17H18N2O2. The highest BCUT2D eigenvalue weighted by Crippen LogP contribution is 2.41. The van der Waals surface area contributed by atoms with Crippen molar-refractivity contribution in [3.8, 4) is 11.5 Å². The van der Waals surface area contributed by atoms with Gasteiger partial charge < -0.3 is 20.0 Å². The molecule has 0 spiro atoms. The lowest BCUT2D eigenvalue weighted by molar-refractivity contribution is 0.468. The molecule has 4 rings (SSSR count). The Labute approximate surface area is 123 Å². The lowest BCUT2D eigenvalue weighted by Crippen LogP contribution is -2.46. The van der Waals surface area contributed by atoms with Gasteiger partial charge in [0, 0.05) is 36.6 Å².